The number of rotatable bonds is 6. The Morgan fingerprint density at radius 1 is 1.12 bits per heavy atom. The van der Waals surface area contributed by atoms with Gasteiger partial charge in [0.05, 0.1) is 13.2 Å². The smallest absolute Gasteiger partial charge is 0.323 e. The quantitative estimate of drug-likeness (QED) is 0.730. The molecule has 1 aromatic carbocycles. The summed E-state index contributed by atoms with van der Waals surface area (Å²) < 4.78 is 10.7. The van der Waals surface area contributed by atoms with Gasteiger partial charge in [-0.2, -0.15) is 0 Å². The molecule has 2 aliphatic rings. The van der Waals surface area contributed by atoms with Crippen LogP contribution in [0.2, 0.25) is 0 Å². The summed E-state index contributed by atoms with van der Waals surface area (Å²) in [6.07, 6.45) is 2.22. The van der Waals surface area contributed by atoms with Crippen LogP contribution in [0.5, 0.6) is 0 Å². The van der Waals surface area contributed by atoms with Gasteiger partial charge in [0.2, 0.25) is 5.91 Å². The van der Waals surface area contributed by atoms with Crippen LogP contribution in [0.4, 0.5) is 0 Å². The average molecular weight is 346 g/mol. The summed E-state index contributed by atoms with van der Waals surface area (Å²) in [7, 11) is 0. The number of carbonyl (C=O) groups is 2. The van der Waals surface area contributed by atoms with E-state index < -0.39 is 0 Å². The summed E-state index contributed by atoms with van der Waals surface area (Å²) in [5, 5.41) is 0. The van der Waals surface area contributed by atoms with E-state index in [9.17, 15) is 9.59 Å². The normalized spacial score (nSPS) is 21.3. The monoisotopic (exact) mass is 346 g/mol. The molecule has 0 bridgehead atoms. The molecule has 0 saturated carbocycles. The second-order valence-corrected chi connectivity index (χ2v) is 6.53. The summed E-state index contributed by atoms with van der Waals surface area (Å²) in [6, 6.07) is 9.47. The molecule has 2 fully saturated rings. The second-order valence-electron chi connectivity index (χ2n) is 6.53. The molecular weight excluding hydrogens is 320 g/mol. The number of benzene rings is 1. The van der Waals surface area contributed by atoms with Crippen LogP contribution in [0, 0.1) is 0 Å². The Balaban J connectivity index is 1.44. The highest BCUT2D eigenvalue weighted by atomic mass is 16.5. The largest absolute Gasteiger partial charge is 0.460 e. The van der Waals surface area contributed by atoms with E-state index in [0.29, 0.717) is 45.9 Å². The Labute approximate surface area is 148 Å². The lowest BCUT2D eigenvalue weighted by atomic mass is 10.2. The molecule has 6 nitrogen and oxygen atoms in total. The Hall–Kier alpha value is -1.92. The van der Waals surface area contributed by atoms with Crippen molar-refractivity contribution in [3.05, 3.63) is 35.9 Å². The lowest BCUT2D eigenvalue weighted by Gasteiger charge is -2.28. The molecule has 3 rings (SSSR count). The molecule has 0 N–H and O–H groups in total. The van der Waals surface area contributed by atoms with Crippen LogP contribution in [0.3, 0.4) is 0 Å². The average Bonchev–Trinajstić information content (AvgIpc) is 3.14. The van der Waals surface area contributed by atoms with Crippen molar-refractivity contribution in [1.82, 2.24) is 9.80 Å². The maximum Gasteiger partial charge on any atom is 0.323 e. The maximum absolute atomic E-state index is 12.4. The molecule has 1 aromatic rings. The molecule has 2 saturated heterocycles. The van der Waals surface area contributed by atoms with E-state index in [2.05, 4.69) is 4.90 Å². The maximum atomic E-state index is 12.4. The Bertz CT molecular complexity index is 572. The van der Waals surface area contributed by atoms with Gasteiger partial charge in [0, 0.05) is 26.1 Å². The van der Waals surface area contributed by atoms with Gasteiger partial charge in [-0.15, -0.1) is 0 Å². The minimum atomic E-state index is -0.221. The fourth-order valence-electron chi connectivity index (χ4n) is 3.40. The topological polar surface area (TPSA) is 59.1 Å². The van der Waals surface area contributed by atoms with Crippen molar-refractivity contribution in [2.75, 3.05) is 39.4 Å². The number of likely N-dealkylation sites (tertiary alicyclic amines) is 1. The fraction of sp³-hybridized carbons (Fsp3) is 0.579. The molecule has 2 heterocycles. The zero-order chi connectivity index (χ0) is 17.5. The van der Waals surface area contributed by atoms with Crippen molar-refractivity contribution < 1.29 is 19.1 Å². The zero-order valence-corrected chi connectivity index (χ0v) is 14.6. The predicted molar refractivity (Wildman–Crippen MR) is 92.8 cm³/mol. The molecule has 0 radical (unpaired) electrons. The highest BCUT2D eigenvalue weighted by molar-refractivity contribution is 5.77. The molecule has 6 heteroatoms. The van der Waals surface area contributed by atoms with Gasteiger partial charge in [0.25, 0.3) is 0 Å². The van der Waals surface area contributed by atoms with Crippen molar-refractivity contribution >= 4 is 11.9 Å². The van der Waals surface area contributed by atoms with E-state index in [1.807, 2.05) is 35.2 Å². The van der Waals surface area contributed by atoms with Crippen LogP contribution in [0.1, 0.15) is 24.8 Å². The van der Waals surface area contributed by atoms with Crippen LogP contribution in [-0.4, -0.2) is 67.1 Å². The molecule has 136 valence electrons. The van der Waals surface area contributed by atoms with E-state index in [0.717, 1.165) is 24.9 Å². The first-order valence-corrected chi connectivity index (χ1v) is 9.04. The van der Waals surface area contributed by atoms with Crippen LogP contribution >= 0.6 is 0 Å². The number of ether oxygens (including phenoxy) is 2. The Morgan fingerprint density at radius 2 is 1.88 bits per heavy atom. The molecule has 1 atom stereocenters. The number of morpholine rings is 1. The Morgan fingerprint density at radius 3 is 2.64 bits per heavy atom. The molecule has 0 spiro atoms. The summed E-state index contributed by atoms with van der Waals surface area (Å²) in [6.45, 7) is 4.33. The van der Waals surface area contributed by atoms with Gasteiger partial charge in [-0.1, -0.05) is 30.3 Å². The van der Waals surface area contributed by atoms with Gasteiger partial charge in [0.1, 0.15) is 12.6 Å². The molecule has 0 unspecified atom stereocenters. The summed E-state index contributed by atoms with van der Waals surface area (Å²) >= 11 is 0. The molecule has 0 aliphatic carbocycles. The van der Waals surface area contributed by atoms with Crippen LogP contribution in [-0.2, 0) is 25.7 Å². The lowest BCUT2D eigenvalue weighted by molar-refractivity contribution is -0.150. The van der Waals surface area contributed by atoms with Gasteiger partial charge < -0.3 is 14.4 Å². The van der Waals surface area contributed by atoms with E-state index in [-0.39, 0.29) is 17.9 Å². The fourth-order valence-corrected chi connectivity index (χ4v) is 3.40. The number of hydrogen-bond donors (Lipinski definition) is 0. The molecular formula is C19H26N2O4. The highest BCUT2D eigenvalue weighted by Gasteiger charge is 2.32. The standard InChI is InChI=1S/C19H26N2O4/c22-18(21-11-13-24-14-12-21)8-10-20-9-4-7-17(20)19(23)25-15-16-5-2-1-3-6-16/h1-3,5-6,17H,4,7-15H2/t17-/m0/s1. The van der Waals surface area contributed by atoms with E-state index in [1.165, 1.54) is 0 Å². The second kappa shape index (κ2) is 8.97. The van der Waals surface area contributed by atoms with Gasteiger partial charge in [0.15, 0.2) is 0 Å². The van der Waals surface area contributed by atoms with Crippen molar-refractivity contribution in [2.24, 2.45) is 0 Å². The molecule has 1 amide bonds. The van der Waals surface area contributed by atoms with E-state index in [1.54, 1.807) is 0 Å². The first-order chi connectivity index (χ1) is 12.2. The Kier molecular flexibility index (Phi) is 6.42. The first-order valence-electron chi connectivity index (χ1n) is 9.04. The van der Waals surface area contributed by atoms with E-state index in [4.69, 9.17) is 9.47 Å². The van der Waals surface area contributed by atoms with Crippen LogP contribution in [0.15, 0.2) is 30.3 Å². The van der Waals surface area contributed by atoms with Gasteiger partial charge >= 0.3 is 5.97 Å². The zero-order valence-electron chi connectivity index (χ0n) is 14.6. The SMILES string of the molecule is O=C(OCc1ccccc1)[C@@H]1CCCN1CCC(=O)N1CCOCC1. The number of esters is 1. The minimum absolute atomic E-state index is 0.145. The van der Waals surface area contributed by atoms with Gasteiger partial charge in [-0.05, 0) is 24.9 Å². The number of carbonyl (C=O) groups excluding carboxylic acids is 2. The van der Waals surface area contributed by atoms with Crippen molar-refractivity contribution in [2.45, 2.75) is 31.9 Å². The summed E-state index contributed by atoms with van der Waals surface area (Å²) in [4.78, 5) is 28.6. The molecule has 2 aliphatic heterocycles. The van der Waals surface area contributed by atoms with Gasteiger partial charge in [-0.25, -0.2) is 0 Å². The molecule has 25 heavy (non-hydrogen) atoms. The number of hydrogen-bond acceptors (Lipinski definition) is 5. The predicted octanol–water partition coefficient (Wildman–Crippen LogP) is 1.44. The van der Waals surface area contributed by atoms with E-state index >= 15 is 0 Å². The van der Waals surface area contributed by atoms with Crippen LogP contribution < -0.4 is 0 Å². The third-order valence-corrected chi connectivity index (χ3v) is 4.84. The van der Waals surface area contributed by atoms with Crippen molar-refractivity contribution in [1.29, 1.82) is 0 Å². The highest BCUT2D eigenvalue weighted by Crippen LogP contribution is 2.19. The van der Waals surface area contributed by atoms with Gasteiger partial charge in [-0.3, -0.25) is 14.5 Å². The van der Waals surface area contributed by atoms with Crippen molar-refractivity contribution in [3.8, 4) is 0 Å². The molecule has 0 aromatic heterocycles. The summed E-state index contributed by atoms with van der Waals surface area (Å²) in [5.41, 5.74) is 0.989. The third-order valence-electron chi connectivity index (χ3n) is 4.84. The lowest BCUT2D eigenvalue weighted by Crippen LogP contribution is -2.43. The summed E-state index contributed by atoms with van der Waals surface area (Å²) in [5.74, 6) is -0.0354. The first kappa shape index (κ1) is 17.9. The minimum Gasteiger partial charge on any atom is -0.460 e. The number of nitrogens with zero attached hydrogens (tertiary/aromatic N) is 2. The van der Waals surface area contributed by atoms with Crippen molar-refractivity contribution in [3.63, 3.8) is 0 Å². The third kappa shape index (κ3) is 5.03. The number of amides is 1. The van der Waals surface area contributed by atoms with Crippen LogP contribution in [0.25, 0.3) is 0 Å².